The third-order valence-corrected chi connectivity index (χ3v) is 6.66. The van der Waals surface area contributed by atoms with E-state index in [2.05, 4.69) is 13.2 Å². The zero-order valence-electron chi connectivity index (χ0n) is 14.8. The van der Waals surface area contributed by atoms with Crippen LogP contribution >= 0.6 is 48.0 Å². The van der Waals surface area contributed by atoms with Crippen molar-refractivity contribution in [1.29, 1.82) is 0 Å². The lowest BCUT2D eigenvalue weighted by Crippen LogP contribution is -2.27. The molecule has 0 atom stereocenters. The van der Waals surface area contributed by atoms with Crippen molar-refractivity contribution >= 4 is 80.6 Å². The Hall–Kier alpha value is -2.00. The molecule has 2 fully saturated rings. The summed E-state index contributed by atoms with van der Waals surface area (Å²) in [7, 11) is 0. The molecule has 0 unspecified atom stereocenters. The van der Waals surface area contributed by atoms with Crippen LogP contribution in [0.4, 0.5) is 0 Å². The average Bonchev–Trinajstić information content (AvgIpc) is 3.08. The Kier molecular flexibility index (Phi) is 6.66. The molecular formula is C20H16N2O2S4. The van der Waals surface area contributed by atoms with Gasteiger partial charge in [-0.2, -0.15) is 0 Å². The van der Waals surface area contributed by atoms with E-state index in [9.17, 15) is 9.59 Å². The van der Waals surface area contributed by atoms with E-state index in [1.807, 2.05) is 36.4 Å². The van der Waals surface area contributed by atoms with Crippen LogP contribution in [0.2, 0.25) is 0 Å². The van der Waals surface area contributed by atoms with Crippen LogP contribution in [0.25, 0.3) is 12.2 Å². The van der Waals surface area contributed by atoms with E-state index in [1.165, 1.54) is 33.3 Å². The summed E-state index contributed by atoms with van der Waals surface area (Å²) >= 11 is 13.1. The van der Waals surface area contributed by atoms with E-state index in [0.717, 1.165) is 11.1 Å². The Bertz CT molecular complexity index is 870. The SMILES string of the molecule is C=CCN1C(=O)C(=Cc2ccc(C=C3SC(=S)N(CC=C)C3=O)cc2)SC1=S. The fourth-order valence-corrected chi connectivity index (χ4v) is 5.11. The highest BCUT2D eigenvalue weighted by atomic mass is 32.2. The van der Waals surface area contributed by atoms with Gasteiger partial charge in [-0.1, -0.05) is 84.4 Å². The van der Waals surface area contributed by atoms with Gasteiger partial charge in [-0.25, -0.2) is 0 Å². The number of rotatable bonds is 6. The summed E-state index contributed by atoms with van der Waals surface area (Å²) in [6.07, 6.45) is 6.94. The fourth-order valence-electron chi connectivity index (χ4n) is 2.56. The number of carbonyl (C=O) groups is 2. The number of amides is 2. The third kappa shape index (κ3) is 4.35. The third-order valence-electron chi connectivity index (χ3n) is 3.90. The van der Waals surface area contributed by atoms with Gasteiger partial charge in [0.1, 0.15) is 8.64 Å². The van der Waals surface area contributed by atoms with Crippen LogP contribution in [0.5, 0.6) is 0 Å². The summed E-state index contributed by atoms with van der Waals surface area (Å²) in [5.41, 5.74) is 1.77. The zero-order chi connectivity index (χ0) is 20.3. The summed E-state index contributed by atoms with van der Waals surface area (Å²) in [5.74, 6) is -0.213. The first-order valence-electron chi connectivity index (χ1n) is 8.27. The van der Waals surface area contributed by atoms with Crippen molar-refractivity contribution < 1.29 is 9.59 Å². The van der Waals surface area contributed by atoms with E-state index in [4.69, 9.17) is 24.4 Å². The maximum atomic E-state index is 12.4. The minimum absolute atomic E-state index is 0.107. The Labute approximate surface area is 183 Å². The van der Waals surface area contributed by atoms with Crippen LogP contribution in [0.3, 0.4) is 0 Å². The largest absolute Gasteiger partial charge is 0.289 e. The summed E-state index contributed by atoms with van der Waals surface area (Å²) in [5, 5.41) is 0. The molecule has 1 aromatic rings. The quantitative estimate of drug-likeness (QED) is 0.367. The van der Waals surface area contributed by atoms with Gasteiger partial charge in [0.05, 0.1) is 9.81 Å². The van der Waals surface area contributed by atoms with Gasteiger partial charge < -0.3 is 0 Å². The Morgan fingerprint density at radius 2 is 1.14 bits per heavy atom. The second-order valence-electron chi connectivity index (χ2n) is 5.83. The highest BCUT2D eigenvalue weighted by molar-refractivity contribution is 8.27. The molecule has 0 radical (unpaired) electrons. The van der Waals surface area contributed by atoms with E-state index in [1.54, 1.807) is 12.2 Å². The zero-order valence-corrected chi connectivity index (χ0v) is 18.1. The lowest BCUT2D eigenvalue weighted by atomic mass is 10.1. The van der Waals surface area contributed by atoms with Crippen molar-refractivity contribution in [2.75, 3.05) is 13.1 Å². The van der Waals surface area contributed by atoms with Crippen molar-refractivity contribution in [2.24, 2.45) is 0 Å². The minimum atomic E-state index is -0.107. The number of benzene rings is 1. The number of hydrogen-bond donors (Lipinski definition) is 0. The molecular weight excluding hydrogens is 429 g/mol. The van der Waals surface area contributed by atoms with Crippen LogP contribution < -0.4 is 0 Å². The lowest BCUT2D eigenvalue weighted by Gasteiger charge is -2.10. The molecule has 2 aliphatic heterocycles. The molecule has 28 heavy (non-hydrogen) atoms. The lowest BCUT2D eigenvalue weighted by molar-refractivity contribution is -0.122. The number of carbonyl (C=O) groups excluding carboxylic acids is 2. The molecule has 0 bridgehead atoms. The smallest absolute Gasteiger partial charge is 0.266 e. The van der Waals surface area contributed by atoms with Gasteiger partial charge in [-0.3, -0.25) is 19.4 Å². The highest BCUT2D eigenvalue weighted by Crippen LogP contribution is 2.34. The van der Waals surface area contributed by atoms with Crippen molar-refractivity contribution in [1.82, 2.24) is 9.80 Å². The van der Waals surface area contributed by atoms with E-state index >= 15 is 0 Å². The number of thiocarbonyl (C=S) groups is 2. The van der Waals surface area contributed by atoms with Crippen LogP contribution in [0.15, 0.2) is 59.4 Å². The monoisotopic (exact) mass is 444 g/mol. The molecule has 2 saturated heterocycles. The molecule has 0 saturated carbocycles. The number of nitrogens with zero attached hydrogens (tertiary/aromatic N) is 2. The van der Waals surface area contributed by atoms with Crippen molar-refractivity contribution in [3.8, 4) is 0 Å². The number of hydrogen-bond acceptors (Lipinski definition) is 6. The van der Waals surface area contributed by atoms with Gasteiger partial charge in [0, 0.05) is 13.1 Å². The van der Waals surface area contributed by atoms with E-state index in [0.29, 0.717) is 31.5 Å². The minimum Gasteiger partial charge on any atom is -0.289 e. The van der Waals surface area contributed by atoms with Gasteiger partial charge in [0.25, 0.3) is 11.8 Å². The van der Waals surface area contributed by atoms with Crippen molar-refractivity contribution in [3.63, 3.8) is 0 Å². The first-order valence-corrected chi connectivity index (χ1v) is 10.7. The van der Waals surface area contributed by atoms with E-state index < -0.39 is 0 Å². The number of thioether (sulfide) groups is 2. The van der Waals surface area contributed by atoms with Gasteiger partial charge in [0.15, 0.2) is 0 Å². The second kappa shape index (κ2) is 9.00. The molecule has 0 aliphatic carbocycles. The van der Waals surface area contributed by atoms with Crippen LogP contribution in [-0.2, 0) is 9.59 Å². The van der Waals surface area contributed by atoms with Gasteiger partial charge >= 0.3 is 0 Å². The Morgan fingerprint density at radius 3 is 1.46 bits per heavy atom. The van der Waals surface area contributed by atoms with E-state index in [-0.39, 0.29) is 11.8 Å². The molecule has 2 heterocycles. The second-order valence-corrected chi connectivity index (χ2v) is 9.18. The molecule has 3 rings (SSSR count). The predicted molar refractivity (Wildman–Crippen MR) is 127 cm³/mol. The molecule has 2 amide bonds. The van der Waals surface area contributed by atoms with Crippen LogP contribution in [0.1, 0.15) is 11.1 Å². The first-order chi connectivity index (χ1) is 13.4. The molecule has 0 spiro atoms. The highest BCUT2D eigenvalue weighted by Gasteiger charge is 2.31. The summed E-state index contributed by atoms with van der Waals surface area (Å²) in [4.78, 5) is 29.0. The molecule has 1 aromatic carbocycles. The summed E-state index contributed by atoms with van der Waals surface area (Å²) in [6.45, 7) is 8.11. The molecule has 0 N–H and O–H groups in total. The standard InChI is InChI=1S/C20H16N2O2S4/c1-3-9-21-17(23)15(27-19(21)25)11-13-5-7-14(8-6-13)12-16-18(24)22(10-4-2)20(26)28-16/h3-8,11-12H,1-2,9-10H2. The Balaban J connectivity index is 1.76. The summed E-state index contributed by atoms with van der Waals surface area (Å²) < 4.78 is 1.07. The molecule has 0 aromatic heterocycles. The summed E-state index contributed by atoms with van der Waals surface area (Å²) in [6, 6.07) is 7.60. The molecule has 4 nitrogen and oxygen atoms in total. The molecule has 2 aliphatic rings. The Morgan fingerprint density at radius 1 is 0.786 bits per heavy atom. The van der Waals surface area contributed by atoms with Crippen molar-refractivity contribution in [3.05, 3.63) is 70.5 Å². The predicted octanol–water partition coefficient (Wildman–Crippen LogP) is 4.46. The average molecular weight is 445 g/mol. The van der Waals surface area contributed by atoms with Crippen LogP contribution in [-0.4, -0.2) is 43.3 Å². The molecule has 8 heteroatoms. The van der Waals surface area contributed by atoms with Gasteiger partial charge in [-0.15, -0.1) is 13.2 Å². The van der Waals surface area contributed by atoms with Crippen molar-refractivity contribution in [2.45, 2.75) is 0 Å². The van der Waals surface area contributed by atoms with Crippen LogP contribution in [0, 0.1) is 0 Å². The molecule has 142 valence electrons. The maximum absolute atomic E-state index is 12.4. The van der Waals surface area contributed by atoms with Gasteiger partial charge in [0.2, 0.25) is 0 Å². The van der Waals surface area contributed by atoms with Gasteiger partial charge in [-0.05, 0) is 23.3 Å². The maximum Gasteiger partial charge on any atom is 0.266 e. The fraction of sp³-hybridized carbons (Fsp3) is 0.100. The normalized spacial score (nSPS) is 20.0. The topological polar surface area (TPSA) is 40.6 Å². The first kappa shape index (κ1) is 20.7.